The molecule has 2 aromatic carbocycles. The molecule has 0 spiro atoms. The van der Waals surface area contributed by atoms with E-state index in [0.29, 0.717) is 44.6 Å². The van der Waals surface area contributed by atoms with Crippen molar-refractivity contribution in [2.45, 2.75) is 18.4 Å². The number of nitrogens with zero attached hydrogens (tertiary/aromatic N) is 2. The van der Waals surface area contributed by atoms with Crippen molar-refractivity contribution in [2.24, 2.45) is 0 Å². The van der Waals surface area contributed by atoms with Crippen LogP contribution in [0.1, 0.15) is 23.2 Å². The molecule has 2 amide bonds. The van der Waals surface area contributed by atoms with E-state index < -0.39 is 11.4 Å². The largest absolute Gasteiger partial charge is 0.380 e. The molecule has 2 aliphatic rings. The van der Waals surface area contributed by atoms with Gasteiger partial charge in [-0.2, -0.15) is 0 Å². The molecule has 2 N–H and O–H groups in total. The van der Waals surface area contributed by atoms with Crippen LogP contribution >= 0.6 is 0 Å². The van der Waals surface area contributed by atoms with Gasteiger partial charge in [0.2, 0.25) is 0 Å². The lowest BCUT2D eigenvalue weighted by molar-refractivity contribution is -0.143. The first-order valence-electron chi connectivity index (χ1n) is 10.1. The zero-order chi connectivity index (χ0) is 20.9. The molecule has 0 radical (unpaired) electrons. The van der Waals surface area contributed by atoms with E-state index in [1.165, 1.54) is 6.07 Å². The number of nitrogens with one attached hydrogen (secondary N) is 1. The molecule has 6 nitrogen and oxygen atoms in total. The number of benzene rings is 2. The lowest BCUT2D eigenvalue weighted by Crippen LogP contribution is -2.53. The molecular weight excluding hydrogens is 385 g/mol. The van der Waals surface area contributed by atoms with Gasteiger partial charge in [0.15, 0.2) is 0 Å². The Balaban J connectivity index is 1.29. The number of hydrogen-bond donors (Lipinski definition) is 2. The van der Waals surface area contributed by atoms with Crippen molar-refractivity contribution in [1.82, 2.24) is 14.8 Å². The van der Waals surface area contributed by atoms with Crippen molar-refractivity contribution in [2.75, 3.05) is 26.2 Å². The zero-order valence-electron chi connectivity index (χ0n) is 16.4. The summed E-state index contributed by atoms with van der Waals surface area (Å²) in [7, 11) is 0. The second-order valence-corrected chi connectivity index (χ2v) is 8.09. The van der Waals surface area contributed by atoms with Crippen LogP contribution in [0.15, 0.2) is 48.7 Å². The molecule has 1 saturated carbocycles. The highest BCUT2D eigenvalue weighted by molar-refractivity contribution is 5.95. The topological polar surface area (TPSA) is 76.6 Å². The van der Waals surface area contributed by atoms with Crippen LogP contribution in [0.5, 0.6) is 0 Å². The average molecular weight is 407 g/mol. The van der Waals surface area contributed by atoms with Gasteiger partial charge in [0.25, 0.3) is 11.8 Å². The van der Waals surface area contributed by atoms with E-state index in [0.717, 1.165) is 16.5 Å². The first kappa shape index (κ1) is 18.8. The first-order chi connectivity index (χ1) is 14.4. The third-order valence-electron chi connectivity index (χ3n) is 6.06. The third kappa shape index (κ3) is 3.25. The van der Waals surface area contributed by atoms with Crippen molar-refractivity contribution in [3.63, 3.8) is 0 Å². The molecule has 1 aliphatic heterocycles. The van der Waals surface area contributed by atoms with E-state index in [1.807, 2.05) is 30.5 Å². The van der Waals surface area contributed by atoms with E-state index in [-0.39, 0.29) is 17.4 Å². The minimum Gasteiger partial charge on any atom is -0.380 e. The first-order valence-corrected chi connectivity index (χ1v) is 10.1. The molecule has 30 heavy (non-hydrogen) atoms. The number of H-pyrrole nitrogens is 1. The lowest BCUT2D eigenvalue weighted by Gasteiger charge is -2.35. The summed E-state index contributed by atoms with van der Waals surface area (Å²) in [6.07, 6.45) is 2.85. The van der Waals surface area contributed by atoms with Crippen LogP contribution in [0.4, 0.5) is 4.39 Å². The van der Waals surface area contributed by atoms with Gasteiger partial charge in [0.1, 0.15) is 11.4 Å². The molecule has 0 atom stereocenters. The second-order valence-electron chi connectivity index (χ2n) is 8.09. The van der Waals surface area contributed by atoms with E-state index in [2.05, 4.69) is 4.98 Å². The smallest absolute Gasteiger partial charge is 0.254 e. The Morgan fingerprint density at radius 1 is 0.967 bits per heavy atom. The highest BCUT2D eigenvalue weighted by Gasteiger charge is 2.50. The SMILES string of the molecule is O=C(c1ccc(-c2ccc3cc[nH]c3c2)c(F)c1)N1CCN(C(=O)C2(O)CC2)CC1. The minimum atomic E-state index is -1.19. The molecule has 0 unspecified atom stereocenters. The third-order valence-corrected chi connectivity index (χ3v) is 6.06. The zero-order valence-corrected chi connectivity index (χ0v) is 16.4. The standard InChI is InChI=1S/C23H22FN3O3/c24-19-13-17(3-4-18(19)16-2-1-15-5-8-25-20(15)14-16)21(28)26-9-11-27(12-10-26)22(29)23(30)6-7-23/h1-5,8,13-14,25,30H,6-7,9-12H2. The monoisotopic (exact) mass is 407 g/mol. The quantitative estimate of drug-likeness (QED) is 0.701. The molecule has 2 fully saturated rings. The van der Waals surface area contributed by atoms with Crippen molar-refractivity contribution < 1.29 is 19.1 Å². The number of hydrogen-bond acceptors (Lipinski definition) is 3. The normalized spacial score (nSPS) is 17.9. The van der Waals surface area contributed by atoms with Gasteiger partial charge in [-0.15, -0.1) is 0 Å². The van der Waals surface area contributed by atoms with Gasteiger partial charge in [-0.3, -0.25) is 9.59 Å². The molecule has 154 valence electrons. The molecule has 3 aromatic rings. The van der Waals surface area contributed by atoms with Gasteiger partial charge in [-0.25, -0.2) is 4.39 Å². The minimum absolute atomic E-state index is 0.246. The van der Waals surface area contributed by atoms with Gasteiger partial charge in [-0.05, 0) is 48.1 Å². The van der Waals surface area contributed by atoms with Crippen LogP contribution in [0.3, 0.4) is 0 Å². The summed E-state index contributed by atoms with van der Waals surface area (Å²) in [5, 5.41) is 11.0. The Bertz CT molecular complexity index is 1140. The number of amides is 2. The molecule has 1 saturated heterocycles. The summed E-state index contributed by atoms with van der Waals surface area (Å²) in [6, 6.07) is 12.2. The lowest BCUT2D eigenvalue weighted by atomic mass is 10.0. The van der Waals surface area contributed by atoms with Crippen molar-refractivity contribution >= 4 is 22.7 Å². The maximum Gasteiger partial charge on any atom is 0.254 e. The molecule has 2 heterocycles. The Kier molecular flexibility index (Phi) is 4.36. The Labute approximate surface area is 172 Å². The van der Waals surface area contributed by atoms with Crippen LogP contribution < -0.4 is 0 Å². The highest BCUT2D eigenvalue weighted by atomic mass is 19.1. The summed E-state index contributed by atoms with van der Waals surface area (Å²) in [5.74, 6) is -0.946. The Hall–Kier alpha value is -3.19. The number of halogens is 1. The summed E-state index contributed by atoms with van der Waals surface area (Å²) in [5.41, 5.74) is 1.21. The van der Waals surface area contributed by atoms with Crippen LogP contribution in [0.2, 0.25) is 0 Å². The fraction of sp³-hybridized carbons (Fsp3) is 0.304. The number of rotatable bonds is 3. The maximum absolute atomic E-state index is 14.8. The van der Waals surface area contributed by atoms with Crippen molar-refractivity contribution in [3.05, 3.63) is 60.0 Å². The fourth-order valence-corrected chi connectivity index (χ4v) is 4.02. The Morgan fingerprint density at radius 3 is 2.40 bits per heavy atom. The van der Waals surface area contributed by atoms with Crippen LogP contribution in [0.25, 0.3) is 22.0 Å². The number of aromatic nitrogens is 1. The van der Waals surface area contributed by atoms with Gasteiger partial charge >= 0.3 is 0 Å². The highest BCUT2D eigenvalue weighted by Crippen LogP contribution is 2.37. The number of carbonyl (C=O) groups is 2. The number of carbonyl (C=O) groups excluding carboxylic acids is 2. The van der Waals surface area contributed by atoms with E-state index in [9.17, 15) is 19.1 Å². The summed E-state index contributed by atoms with van der Waals surface area (Å²) < 4.78 is 14.8. The fourth-order valence-electron chi connectivity index (χ4n) is 4.02. The van der Waals surface area contributed by atoms with Crippen LogP contribution in [-0.2, 0) is 4.79 Å². The van der Waals surface area contributed by atoms with Gasteiger partial charge in [-0.1, -0.05) is 18.2 Å². The average Bonchev–Trinajstić information content (AvgIpc) is 3.34. The molecule has 5 rings (SSSR count). The molecule has 0 bridgehead atoms. The van der Waals surface area contributed by atoms with Gasteiger partial charge in [0.05, 0.1) is 0 Å². The number of aromatic amines is 1. The number of fused-ring (bicyclic) bond motifs is 1. The van der Waals surface area contributed by atoms with Gasteiger partial charge in [0, 0.05) is 49.0 Å². The molecule has 7 heteroatoms. The van der Waals surface area contributed by atoms with E-state index in [4.69, 9.17) is 0 Å². The number of aliphatic hydroxyl groups is 1. The second kappa shape index (κ2) is 6.95. The number of piperazine rings is 1. The molecular formula is C23H22FN3O3. The maximum atomic E-state index is 14.8. The van der Waals surface area contributed by atoms with Crippen LogP contribution in [0, 0.1) is 5.82 Å². The van der Waals surface area contributed by atoms with Gasteiger partial charge < -0.3 is 19.9 Å². The predicted octanol–water partition coefficient (Wildman–Crippen LogP) is 2.78. The summed E-state index contributed by atoms with van der Waals surface area (Å²) in [4.78, 5) is 31.4. The Morgan fingerprint density at radius 2 is 1.70 bits per heavy atom. The summed E-state index contributed by atoms with van der Waals surface area (Å²) >= 11 is 0. The molecule has 1 aliphatic carbocycles. The predicted molar refractivity (Wildman–Crippen MR) is 110 cm³/mol. The molecule has 1 aromatic heterocycles. The van der Waals surface area contributed by atoms with Crippen LogP contribution in [-0.4, -0.2) is 63.5 Å². The van der Waals surface area contributed by atoms with Crippen molar-refractivity contribution in [3.8, 4) is 11.1 Å². The summed E-state index contributed by atoms with van der Waals surface area (Å²) in [6.45, 7) is 1.49. The van der Waals surface area contributed by atoms with Crippen molar-refractivity contribution in [1.29, 1.82) is 0 Å². The van der Waals surface area contributed by atoms with E-state index >= 15 is 0 Å². The van der Waals surface area contributed by atoms with E-state index in [1.54, 1.807) is 21.9 Å².